The highest BCUT2D eigenvalue weighted by Crippen LogP contribution is 2.54. The number of rotatable bonds is 5. The van der Waals surface area contributed by atoms with Crippen molar-refractivity contribution in [3.05, 3.63) is 47.5 Å². The van der Waals surface area contributed by atoms with Crippen molar-refractivity contribution in [1.82, 2.24) is 10.1 Å². The van der Waals surface area contributed by atoms with E-state index in [0.717, 1.165) is 5.56 Å². The van der Waals surface area contributed by atoms with Gasteiger partial charge in [0, 0.05) is 18.2 Å². The SMILES string of the molecule is Cc1cc(NC(=O)COC(=O)[C@H]2CS[C@@]3(c4ccc(F)cc4)CCC(=O)N23)no1. The Hall–Kier alpha value is -2.88. The van der Waals surface area contributed by atoms with Gasteiger partial charge >= 0.3 is 5.97 Å². The van der Waals surface area contributed by atoms with E-state index >= 15 is 0 Å². The monoisotopic (exact) mass is 419 g/mol. The summed E-state index contributed by atoms with van der Waals surface area (Å²) < 4.78 is 23.3. The molecule has 2 aromatic rings. The van der Waals surface area contributed by atoms with Gasteiger partial charge in [0.1, 0.15) is 22.5 Å². The second kappa shape index (κ2) is 7.51. The van der Waals surface area contributed by atoms with Gasteiger partial charge in [-0.1, -0.05) is 17.3 Å². The fraction of sp³-hybridized carbons (Fsp3) is 0.368. The number of amides is 2. The Morgan fingerprint density at radius 1 is 1.41 bits per heavy atom. The van der Waals surface area contributed by atoms with Crippen LogP contribution in [0.1, 0.15) is 24.2 Å². The number of hydrogen-bond acceptors (Lipinski definition) is 7. The molecule has 1 aromatic heterocycles. The second-order valence-corrected chi connectivity index (χ2v) is 8.16. The number of nitrogens with zero attached hydrogens (tertiary/aromatic N) is 2. The summed E-state index contributed by atoms with van der Waals surface area (Å²) in [5.41, 5.74) is 0.768. The first-order chi connectivity index (χ1) is 13.9. The van der Waals surface area contributed by atoms with E-state index in [1.165, 1.54) is 34.9 Å². The molecule has 2 fully saturated rings. The lowest BCUT2D eigenvalue weighted by Crippen LogP contribution is -2.47. The summed E-state index contributed by atoms with van der Waals surface area (Å²) in [6, 6.07) is 6.68. The maximum Gasteiger partial charge on any atom is 0.330 e. The minimum Gasteiger partial charge on any atom is -0.454 e. The first kappa shape index (κ1) is 19.4. The molecule has 4 rings (SSSR count). The summed E-state index contributed by atoms with van der Waals surface area (Å²) in [4.78, 5) is 37.9. The molecule has 29 heavy (non-hydrogen) atoms. The molecule has 10 heteroatoms. The van der Waals surface area contributed by atoms with Crippen molar-refractivity contribution in [1.29, 1.82) is 0 Å². The molecule has 0 unspecified atom stereocenters. The fourth-order valence-electron chi connectivity index (χ4n) is 3.66. The number of aromatic nitrogens is 1. The largest absolute Gasteiger partial charge is 0.454 e. The highest BCUT2D eigenvalue weighted by Gasteiger charge is 2.57. The molecular weight excluding hydrogens is 401 g/mol. The molecule has 152 valence electrons. The summed E-state index contributed by atoms with van der Waals surface area (Å²) in [5, 5.41) is 6.09. The molecule has 0 bridgehead atoms. The number of hydrogen-bond donors (Lipinski definition) is 1. The molecule has 1 aromatic carbocycles. The normalized spacial score (nSPS) is 23.2. The van der Waals surface area contributed by atoms with Crippen LogP contribution in [0.3, 0.4) is 0 Å². The molecule has 8 nitrogen and oxygen atoms in total. The van der Waals surface area contributed by atoms with E-state index in [1.807, 2.05) is 0 Å². The molecule has 1 N–H and O–H groups in total. The molecule has 2 saturated heterocycles. The van der Waals surface area contributed by atoms with Crippen molar-refractivity contribution in [2.24, 2.45) is 0 Å². The van der Waals surface area contributed by atoms with Crippen molar-refractivity contribution in [3.8, 4) is 0 Å². The van der Waals surface area contributed by atoms with Crippen LogP contribution in [-0.4, -0.2) is 46.2 Å². The van der Waals surface area contributed by atoms with E-state index in [1.54, 1.807) is 19.1 Å². The number of aryl methyl sites for hydroxylation is 1. The van der Waals surface area contributed by atoms with Crippen LogP contribution < -0.4 is 5.32 Å². The molecule has 2 amide bonds. The predicted molar refractivity (Wildman–Crippen MR) is 101 cm³/mol. The van der Waals surface area contributed by atoms with E-state index in [2.05, 4.69) is 10.5 Å². The Labute approximate surface area is 169 Å². The smallest absolute Gasteiger partial charge is 0.330 e. The standard InChI is InChI=1S/C19H18FN3O5S/c1-11-8-15(22-28-11)21-16(24)9-27-18(26)14-10-29-19(7-6-17(25)23(14)19)12-2-4-13(20)5-3-12/h2-5,8,14H,6-7,9-10H2,1H3,(H,21,22,24)/t14-,19-/m1/s1. The van der Waals surface area contributed by atoms with Crippen molar-refractivity contribution < 1.29 is 28.0 Å². The minimum atomic E-state index is -0.804. The van der Waals surface area contributed by atoms with Crippen LogP contribution in [0.5, 0.6) is 0 Å². The van der Waals surface area contributed by atoms with Gasteiger partial charge in [0.15, 0.2) is 12.4 Å². The number of ether oxygens (including phenoxy) is 1. The third kappa shape index (κ3) is 3.59. The van der Waals surface area contributed by atoms with Crippen molar-refractivity contribution >= 4 is 35.4 Å². The first-order valence-corrected chi connectivity index (χ1v) is 9.99. The molecule has 2 atom stereocenters. The molecule has 2 aliphatic heterocycles. The van der Waals surface area contributed by atoms with Gasteiger partial charge in [0.25, 0.3) is 5.91 Å². The third-order valence-corrected chi connectivity index (χ3v) is 6.53. The van der Waals surface area contributed by atoms with Gasteiger partial charge in [-0.15, -0.1) is 11.8 Å². The van der Waals surface area contributed by atoms with Gasteiger partial charge in [-0.3, -0.25) is 9.59 Å². The van der Waals surface area contributed by atoms with Gasteiger partial charge in [-0.25, -0.2) is 9.18 Å². The topological polar surface area (TPSA) is 102 Å². The van der Waals surface area contributed by atoms with Gasteiger partial charge in [0.2, 0.25) is 5.91 Å². The van der Waals surface area contributed by atoms with Crippen LogP contribution in [0.2, 0.25) is 0 Å². The van der Waals surface area contributed by atoms with Crippen LogP contribution in [0.4, 0.5) is 10.2 Å². The molecule has 0 saturated carbocycles. The van der Waals surface area contributed by atoms with Crippen LogP contribution in [-0.2, 0) is 24.0 Å². The van der Waals surface area contributed by atoms with Gasteiger partial charge in [0.05, 0.1) is 0 Å². The number of benzene rings is 1. The second-order valence-electron chi connectivity index (χ2n) is 6.86. The van der Waals surface area contributed by atoms with Gasteiger partial charge in [-0.2, -0.15) is 0 Å². The first-order valence-electron chi connectivity index (χ1n) is 9.01. The summed E-state index contributed by atoms with van der Waals surface area (Å²) >= 11 is 1.46. The van der Waals surface area contributed by atoms with E-state index in [0.29, 0.717) is 24.4 Å². The summed E-state index contributed by atoms with van der Waals surface area (Å²) in [7, 11) is 0. The number of thioether (sulfide) groups is 1. The Kier molecular flexibility index (Phi) is 5.03. The van der Waals surface area contributed by atoms with Crippen molar-refractivity contribution in [2.75, 3.05) is 17.7 Å². The quantitative estimate of drug-likeness (QED) is 0.741. The predicted octanol–water partition coefficient (Wildman–Crippen LogP) is 2.19. The number of halogens is 1. The van der Waals surface area contributed by atoms with E-state index in [-0.39, 0.29) is 17.5 Å². The zero-order chi connectivity index (χ0) is 20.6. The lowest BCUT2D eigenvalue weighted by molar-refractivity contribution is -0.155. The molecular formula is C19H18FN3O5S. The fourth-order valence-corrected chi connectivity index (χ4v) is 5.30. The van der Waals surface area contributed by atoms with Gasteiger partial charge in [-0.05, 0) is 31.0 Å². The van der Waals surface area contributed by atoms with Crippen LogP contribution >= 0.6 is 11.8 Å². The summed E-state index contributed by atoms with van der Waals surface area (Å²) in [6.07, 6.45) is 0.818. The number of carbonyl (C=O) groups is 3. The number of fused-ring (bicyclic) bond motifs is 1. The number of esters is 1. The van der Waals surface area contributed by atoms with Crippen LogP contribution in [0, 0.1) is 12.7 Å². The summed E-state index contributed by atoms with van der Waals surface area (Å²) in [5.74, 6) is -0.642. The molecule has 0 spiro atoms. The van der Waals surface area contributed by atoms with E-state index < -0.39 is 29.4 Å². The Morgan fingerprint density at radius 3 is 2.86 bits per heavy atom. The lowest BCUT2D eigenvalue weighted by atomic mass is 10.0. The van der Waals surface area contributed by atoms with Crippen LogP contribution in [0.15, 0.2) is 34.9 Å². The zero-order valence-corrected chi connectivity index (χ0v) is 16.3. The maximum absolute atomic E-state index is 13.3. The molecule has 2 aliphatic rings. The third-order valence-electron chi connectivity index (χ3n) is 4.94. The van der Waals surface area contributed by atoms with Crippen LogP contribution in [0.25, 0.3) is 0 Å². The van der Waals surface area contributed by atoms with Gasteiger partial charge < -0.3 is 19.5 Å². The lowest BCUT2D eigenvalue weighted by Gasteiger charge is -2.33. The Morgan fingerprint density at radius 2 is 2.17 bits per heavy atom. The highest BCUT2D eigenvalue weighted by atomic mass is 32.2. The number of anilines is 1. The number of carbonyl (C=O) groups excluding carboxylic acids is 3. The number of nitrogens with one attached hydrogen (secondary N) is 1. The minimum absolute atomic E-state index is 0.163. The average molecular weight is 419 g/mol. The zero-order valence-electron chi connectivity index (χ0n) is 15.5. The Balaban J connectivity index is 1.43. The molecule has 0 aliphatic carbocycles. The molecule has 3 heterocycles. The molecule has 0 radical (unpaired) electrons. The maximum atomic E-state index is 13.3. The van der Waals surface area contributed by atoms with Crippen molar-refractivity contribution in [2.45, 2.75) is 30.7 Å². The Bertz CT molecular complexity index is 963. The average Bonchev–Trinajstić information content (AvgIpc) is 3.37. The van der Waals surface area contributed by atoms with E-state index in [4.69, 9.17) is 9.26 Å². The van der Waals surface area contributed by atoms with E-state index in [9.17, 15) is 18.8 Å². The van der Waals surface area contributed by atoms with Crippen molar-refractivity contribution in [3.63, 3.8) is 0 Å². The highest BCUT2D eigenvalue weighted by molar-refractivity contribution is 8.00. The summed E-state index contributed by atoms with van der Waals surface area (Å²) in [6.45, 7) is 1.18.